The van der Waals surface area contributed by atoms with E-state index in [1.807, 2.05) is 24.3 Å². The molecule has 7 heteroatoms. The number of rotatable bonds is 8. The molecule has 7 nitrogen and oxygen atoms in total. The number of carbonyl (C=O) groups is 1. The van der Waals surface area contributed by atoms with Gasteiger partial charge in [-0.05, 0) is 49.6 Å². The highest BCUT2D eigenvalue weighted by molar-refractivity contribution is 5.90. The average Bonchev–Trinajstić information content (AvgIpc) is 3.23. The summed E-state index contributed by atoms with van der Waals surface area (Å²) in [5, 5.41) is 13.6. The van der Waals surface area contributed by atoms with Crippen LogP contribution in [0.1, 0.15) is 22.3 Å². The van der Waals surface area contributed by atoms with Crippen LogP contribution in [0.4, 0.5) is 5.69 Å². The van der Waals surface area contributed by atoms with Gasteiger partial charge in [0, 0.05) is 38.2 Å². The van der Waals surface area contributed by atoms with E-state index < -0.39 is 0 Å². The van der Waals surface area contributed by atoms with Gasteiger partial charge in [-0.3, -0.25) is 14.5 Å². The van der Waals surface area contributed by atoms with Gasteiger partial charge in [0.25, 0.3) is 0 Å². The molecule has 0 fully saturated rings. The first kappa shape index (κ1) is 22.1. The van der Waals surface area contributed by atoms with E-state index >= 15 is 0 Å². The highest BCUT2D eigenvalue weighted by Gasteiger charge is 2.05. The number of nitrogens with zero attached hydrogens (tertiary/aromatic N) is 3. The molecule has 3 N–H and O–H groups in total. The summed E-state index contributed by atoms with van der Waals surface area (Å²) in [5.41, 5.74) is 5.70. The Morgan fingerprint density at radius 2 is 1.84 bits per heavy atom. The molecule has 0 saturated carbocycles. The summed E-state index contributed by atoms with van der Waals surface area (Å²) in [5.74, 6) is 0.634. The molecule has 3 aromatic rings. The molecule has 1 aromatic heterocycles. The summed E-state index contributed by atoms with van der Waals surface area (Å²) in [7, 11) is 1.76. The summed E-state index contributed by atoms with van der Waals surface area (Å²) < 4.78 is 1.59. The number of carbonyl (C=O) groups excluding carboxylic acids is 1. The second kappa shape index (κ2) is 11.0. The van der Waals surface area contributed by atoms with Crippen molar-refractivity contribution in [3.63, 3.8) is 0 Å². The van der Waals surface area contributed by atoms with Crippen molar-refractivity contribution < 1.29 is 4.79 Å². The lowest BCUT2D eigenvalue weighted by Crippen LogP contribution is -2.37. The number of hydrogen-bond donors (Lipinski definition) is 3. The Kier molecular flexibility index (Phi) is 7.81. The third-order valence-corrected chi connectivity index (χ3v) is 4.75. The quantitative estimate of drug-likeness (QED) is 0.388. The normalized spacial score (nSPS) is 11.3. The van der Waals surface area contributed by atoms with E-state index in [0.29, 0.717) is 6.54 Å². The highest BCUT2D eigenvalue weighted by atomic mass is 16.2. The van der Waals surface area contributed by atoms with Crippen LogP contribution in [-0.4, -0.2) is 35.2 Å². The lowest BCUT2D eigenvalue weighted by molar-refractivity contribution is -0.116. The van der Waals surface area contributed by atoms with Crippen LogP contribution in [0.15, 0.2) is 65.9 Å². The topological polar surface area (TPSA) is 83.3 Å². The number of guanidine groups is 1. The Bertz CT molecular complexity index is 1010. The van der Waals surface area contributed by atoms with Crippen LogP contribution in [-0.2, 0) is 24.3 Å². The minimum atomic E-state index is -0.113. The Balaban J connectivity index is 1.46. The van der Waals surface area contributed by atoms with Crippen molar-refractivity contribution in [2.45, 2.75) is 33.4 Å². The van der Waals surface area contributed by atoms with E-state index in [1.165, 1.54) is 16.7 Å². The zero-order valence-electron chi connectivity index (χ0n) is 18.4. The third kappa shape index (κ3) is 7.29. The molecular formula is C24H30N6O. The van der Waals surface area contributed by atoms with Gasteiger partial charge in [-0.2, -0.15) is 5.10 Å². The van der Waals surface area contributed by atoms with E-state index in [2.05, 4.69) is 58.1 Å². The van der Waals surface area contributed by atoms with Crippen molar-refractivity contribution >= 4 is 17.6 Å². The third-order valence-electron chi connectivity index (χ3n) is 4.75. The van der Waals surface area contributed by atoms with E-state index in [-0.39, 0.29) is 12.5 Å². The Hall–Kier alpha value is -3.61. The maximum atomic E-state index is 12.2. The van der Waals surface area contributed by atoms with Gasteiger partial charge in [0.15, 0.2) is 5.96 Å². The van der Waals surface area contributed by atoms with Crippen molar-refractivity contribution in [3.05, 3.63) is 83.2 Å². The van der Waals surface area contributed by atoms with Gasteiger partial charge in [0.05, 0.1) is 0 Å². The van der Waals surface area contributed by atoms with E-state index in [9.17, 15) is 4.79 Å². The van der Waals surface area contributed by atoms with Crippen LogP contribution in [0, 0.1) is 13.8 Å². The van der Waals surface area contributed by atoms with E-state index in [1.54, 1.807) is 30.2 Å². The number of nitrogens with one attached hydrogen (secondary N) is 3. The minimum Gasteiger partial charge on any atom is -0.356 e. The lowest BCUT2D eigenvalue weighted by atomic mass is 10.1. The number of anilines is 1. The average molecular weight is 419 g/mol. The van der Waals surface area contributed by atoms with Crippen molar-refractivity contribution in [3.8, 4) is 0 Å². The number of aliphatic imine (C=N–C) groups is 1. The van der Waals surface area contributed by atoms with Crippen molar-refractivity contribution in [1.29, 1.82) is 0 Å². The SMILES string of the molecule is CN=C(NCCc1cc(C)cc(C)c1)NCc1cccc(NC(=O)Cn2cccn2)c1. The predicted molar refractivity (Wildman–Crippen MR) is 125 cm³/mol. The molecule has 162 valence electrons. The highest BCUT2D eigenvalue weighted by Crippen LogP contribution is 2.11. The molecule has 0 atom stereocenters. The van der Waals surface area contributed by atoms with Crippen LogP contribution in [0.25, 0.3) is 0 Å². The largest absolute Gasteiger partial charge is 0.356 e. The molecule has 3 rings (SSSR count). The summed E-state index contributed by atoms with van der Waals surface area (Å²) in [4.78, 5) is 16.5. The molecule has 1 heterocycles. The van der Waals surface area contributed by atoms with Crippen LogP contribution in [0.5, 0.6) is 0 Å². The number of amides is 1. The van der Waals surface area contributed by atoms with Gasteiger partial charge in [-0.25, -0.2) is 0 Å². The standard InChI is InChI=1S/C24H30N6O/c1-18-12-19(2)14-20(13-18)8-10-26-24(25-3)27-16-21-6-4-7-22(15-21)29-23(31)17-30-11-5-9-28-30/h4-7,9,11-15H,8,10,16-17H2,1-3H3,(H,29,31)(H2,25,26,27). The molecule has 0 bridgehead atoms. The van der Waals surface area contributed by atoms with Crippen LogP contribution in [0.2, 0.25) is 0 Å². The molecule has 2 aromatic carbocycles. The molecule has 0 spiro atoms. The molecule has 0 aliphatic carbocycles. The van der Waals surface area contributed by atoms with E-state index in [4.69, 9.17) is 0 Å². The van der Waals surface area contributed by atoms with Crippen LogP contribution < -0.4 is 16.0 Å². The van der Waals surface area contributed by atoms with Gasteiger partial charge >= 0.3 is 0 Å². The molecule has 0 radical (unpaired) electrons. The first-order chi connectivity index (χ1) is 15.0. The fraction of sp³-hybridized carbons (Fsp3) is 0.292. The fourth-order valence-electron chi connectivity index (χ4n) is 3.45. The van der Waals surface area contributed by atoms with Gasteiger partial charge in [-0.15, -0.1) is 0 Å². The molecule has 0 aliphatic rings. The molecule has 0 saturated heterocycles. The van der Waals surface area contributed by atoms with Crippen LogP contribution >= 0.6 is 0 Å². The molecule has 0 unspecified atom stereocenters. The van der Waals surface area contributed by atoms with E-state index in [0.717, 1.165) is 30.2 Å². The summed E-state index contributed by atoms with van der Waals surface area (Å²) in [6.07, 6.45) is 4.35. The van der Waals surface area contributed by atoms with Gasteiger partial charge < -0.3 is 16.0 Å². The summed E-state index contributed by atoms with van der Waals surface area (Å²) in [6.45, 7) is 5.83. The van der Waals surface area contributed by atoms with Crippen LogP contribution in [0.3, 0.4) is 0 Å². The Labute approximate surface area is 183 Å². The minimum absolute atomic E-state index is 0.113. The van der Waals surface area contributed by atoms with Gasteiger partial charge in [-0.1, -0.05) is 41.5 Å². The lowest BCUT2D eigenvalue weighted by Gasteiger charge is -2.13. The zero-order valence-corrected chi connectivity index (χ0v) is 18.4. The maximum Gasteiger partial charge on any atom is 0.246 e. The zero-order chi connectivity index (χ0) is 22.1. The smallest absolute Gasteiger partial charge is 0.246 e. The maximum absolute atomic E-state index is 12.2. The monoisotopic (exact) mass is 418 g/mol. The molecule has 1 amide bonds. The Morgan fingerprint density at radius 3 is 2.55 bits per heavy atom. The number of aryl methyl sites for hydroxylation is 2. The predicted octanol–water partition coefficient (Wildman–Crippen LogP) is 3.05. The summed E-state index contributed by atoms with van der Waals surface area (Å²) >= 11 is 0. The van der Waals surface area contributed by atoms with Gasteiger partial charge in [0.1, 0.15) is 6.54 Å². The second-order valence-electron chi connectivity index (χ2n) is 7.55. The van der Waals surface area contributed by atoms with Crippen molar-refractivity contribution in [2.24, 2.45) is 4.99 Å². The molecule has 0 aliphatic heterocycles. The number of aromatic nitrogens is 2. The first-order valence-corrected chi connectivity index (χ1v) is 10.4. The second-order valence-corrected chi connectivity index (χ2v) is 7.55. The molecular weight excluding hydrogens is 388 g/mol. The number of hydrogen-bond acceptors (Lipinski definition) is 3. The van der Waals surface area contributed by atoms with Crippen molar-refractivity contribution in [1.82, 2.24) is 20.4 Å². The first-order valence-electron chi connectivity index (χ1n) is 10.4. The fourth-order valence-corrected chi connectivity index (χ4v) is 3.45. The van der Waals surface area contributed by atoms with Crippen molar-refractivity contribution in [2.75, 3.05) is 18.9 Å². The Morgan fingerprint density at radius 1 is 1.03 bits per heavy atom. The van der Waals surface area contributed by atoms with Gasteiger partial charge in [0.2, 0.25) is 5.91 Å². The summed E-state index contributed by atoms with van der Waals surface area (Å²) in [6, 6.07) is 16.2. The number of benzene rings is 2. The molecule has 31 heavy (non-hydrogen) atoms.